The third-order valence-corrected chi connectivity index (χ3v) is 3.63. The molecule has 0 spiro atoms. The molecule has 22 heavy (non-hydrogen) atoms. The van der Waals surface area contributed by atoms with Crippen molar-refractivity contribution in [3.8, 4) is 5.75 Å². The second-order valence-electron chi connectivity index (χ2n) is 4.15. The van der Waals surface area contributed by atoms with Gasteiger partial charge in [-0.1, -0.05) is 17.7 Å². The summed E-state index contributed by atoms with van der Waals surface area (Å²) in [4.78, 5) is 16.0. The van der Waals surface area contributed by atoms with E-state index in [4.69, 9.17) is 21.1 Å². The molecule has 0 saturated heterocycles. The number of halogens is 1. The predicted molar refractivity (Wildman–Crippen MR) is 88.6 cm³/mol. The summed E-state index contributed by atoms with van der Waals surface area (Å²) in [6.45, 7) is 0.778. The number of nitrogens with one attached hydrogen (secondary N) is 1. The molecule has 0 atom stereocenters. The van der Waals surface area contributed by atoms with Gasteiger partial charge in [-0.3, -0.25) is 4.79 Å². The molecule has 1 amide bonds. The molecule has 2 rings (SSSR count). The number of benzene rings is 1. The van der Waals surface area contributed by atoms with E-state index >= 15 is 0 Å². The Morgan fingerprint density at radius 1 is 1.45 bits per heavy atom. The largest absolute Gasteiger partial charge is 0.487 e. The molecule has 0 fully saturated rings. The van der Waals surface area contributed by atoms with Gasteiger partial charge in [-0.15, -0.1) is 11.3 Å². The van der Waals surface area contributed by atoms with Crippen LogP contribution in [-0.4, -0.2) is 31.2 Å². The standard InChI is InChI=1S/C15H15ClN2O3S/c1-20-8-9-21-15-11(16)3-2-4-12(15)18-13(19)5-6-14-17-7-10-22-14/h2-7,10H,8-9H2,1H3,(H,18,19)/b6-5+. The van der Waals surface area contributed by atoms with E-state index in [1.807, 2.05) is 5.38 Å². The number of hydrogen-bond acceptors (Lipinski definition) is 5. The summed E-state index contributed by atoms with van der Waals surface area (Å²) in [5.74, 6) is 0.145. The summed E-state index contributed by atoms with van der Waals surface area (Å²) >= 11 is 7.56. The lowest BCUT2D eigenvalue weighted by Crippen LogP contribution is -2.11. The fourth-order valence-corrected chi connectivity index (χ4v) is 2.38. The van der Waals surface area contributed by atoms with Crippen LogP contribution in [0.15, 0.2) is 35.9 Å². The quantitative estimate of drug-likeness (QED) is 0.620. The fourth-order valence-electron chi connectivity index (χ4n) is 1.62. The number of aromatic nitrogens is 1. The Morgan fingerprint density at radius 2 is 2.32 bits per heavy atom. The Morgan fingerprint density at radius 3 is 3.05 bits per heavy atom. The van der Waals surface area contributed by atoms with Crippen LogP contribution in [0.3, 0.4) is 0 Å². The van der Waals surface area contributed by atoms with Crippen LogP contribution >= 0.6 is 22.9 Å². The minimum atomic E-state index is -0.283. The first-order chi connectivity index (χ1) is 10.7. The van der Waals surface area contributed by atoms with Crippen LogP contribution in [0.5, 0.6) is 5.75 Å². The zero-order chi connectivity index (χ0) is 15.8. The molecule has 1 aromatic carbocycles. The lowest BCUT2D eigenvalue weighted by molar-refractivity contribution is -0.111. The maximum Gasteiger partial charge on any atom is 0.248 e. The molecule has 7 heteroatoms. The highest BCUT2D eigenvalue weighted by molar-refractivity contribution is 7.10. The van der Waals surface area contributed by atoms with Gasteiger partial charge in [-0.2, -0.15) is 0 Å². The van der Waals surface area contributed by atoms with Gasteiger partial charge >= 0.3 is 0 Å². The van der Waals surface area contributed by atoms with E-state index in [9.17, 15) is 4.79 Å². The Bertz CT molecular complexity index is 644. The first kappa shape index (κ1) is 16.5. The van der Waals surface area contributed by atoms with Gasteiger partial charge in [0.25, 0.3) is 0 Å². The number of nitrogens with zero attached hydrogens (tertiary/aromatic N) is 1. The molecule has 5 nitrogen and oxygen atoms in total. The van der Waals surface area contributed by atoms with E-state index in [-0.39, 0.29) is 5.91 Å². The van der Waals surface area contributed by atoms with Gasteiger partial charge in [0.2, 0.25) is 5.91 Å². The van der Waals surface area contributed by atoms with E-state index in [1.165, 1.54) is 17.4 Å². The van der Waals surface area contributed by atoms with Crippen LogP contribution in [-0.2, 0) is 9.53 Å². The Balaban J connectivity index is 2.04. The zero-order valence-electron chi connectivity index (χ0n) is 11.9. The Hall–Kier alpha value is -1.89. The van der Waals surface area contributed by atoms with E-state index < -0.39 is 0 Å². The number of carbonyl (C=O) groups excluding carboxylic acids is 1. The maximum atomic E-state index is 12.0. The summed E-state index contributed by atoms with van der Waals surface area (Å²) in [5, 5.41) is 5.78. The second-order valence-corrected chi connectivity index (χ2v) is 5.48. The molecule has 0 aliphatic rings. The third kappa shape index (κ3) is 4.84. The maximum absolute atomic E-state index is 12.0. The molecule has 0 aliphatic heterocycles. The van der Waals surface area contributed by atoms with E-state index in [0.717, 1.165) is 5.01 Å². The molecule has 0 radical (unpaired) electrons. The van der Waals surface area contributed by atoms with Crippen molar-refractivity contribution < 1.29 is 14.3 Å². The van der Waals surface area contributed by atoms with Crippen molar-refractivity contribution in [1.29, 1.82) is 0 Å². The summed E-state index contributed by atoms with van der Waals surface area (Å²) in [6, 6.07) is 5.17. The van der Waals surface area contributed by atoms with Crippen molar-refractivity contribution in [1.82, 2.24) is 4.98 Å². The molecule has 0 saturated carbocycles. The number of ether oxygens (including phenoxy) is 2. The molecule has 1 aromatic heterocycles. The molecule has 0 bridgehead atoms. The SMILES string of the molecule is COCCOc1c(Cl)cccc1NC(=O)/C=C/c1nccs1. The summed E-state index contributed by atoms with van der Waals surface area (Å²) in [6.07, 6.45) is 4.75. The molecular formula is C15H15ClN2O3S. The topological polar surface area (TPSA) is 60.5 Å². The van der Waals surface area contributed by atoms with Crippen LogP contribution < -0.4 is 10.1 Å². The van der Waals surface area contributed by atoms with Crippen molar-refractivity contribution in [2.24, 2.45) is 0 Å². The number of para-hydroxylation sites is 1. The van der Waals surface area contributed by atoms with Crippen molar-refractivity contribution in [3.05, 3.63) is 45.9 Å². The zero-order valence-corrected chi connectivity index (χ0v) is 13.5. The lowest BCUT2D eigenvalue weighted by Gasteiger charge is -2.13. The number of methoxy groups -OCH3 is 1. The Kier molecular flexibility index (Phi) is 6.39. The smallest absolute Gasteiger partial charge is 0.248 e. The van der Waals surface area contributed by atoms with Crippen LogP contribution in [0, 0.1) is 0 Å². The highest BCUT2D eigenvalue weighted by atomic mass is 35.5. The Labute approximate surface area is 137 Å². The molecule has 1 N–H and O–H groups in total. The van der Waals surface area contributed by atoms with Crippen molar-refractivity contribution >= 4 is 40.6 Å². The number of rotatable bonds is 7. The first-order valence-corrected chi connectivity index (χ1v) is 7.75. The average molecular weight is 339 g/mol. The van der Waals surface area contributed by atoms with Gasteiger partial charge in [0.1, 0.15) is 11.6 Å². The third-order valence-electron chi connectivity index (χ3n) is 2.59. The second kappa shape index (κ2) is 8.53. The van der Waals surface area contributed by atoms with Gasteiger partial charge in [0.05, 0.1) is 17.3 Å². The highest BCUT2D eigenvalue weighted by Crippen LogP contribution is 2.32. The molecule has 0 unspecified atom stereocenters. The molecular weight excluding hydrogens is 324 g/mol. The van der Waals surface area contributed by atoms with E-state index in [1.54, 1.807) is 37.6 Å². The molecule has 1 heterocycles. The summed E-state index contributed by atoms with van der Waals surface area (Å²) in [7, 11) is 1.59. The predicted octanol–water partition coefficient (Wildman–Crippen LogP) is 3.47. The fraction of sp³-hybridized carbons (Fsp3) is 0.200. The molecule has 0 aliphatic carbocycles. The number of hydrogen-bond donors (Lipinski definition) is 1. The van der Waals surface area contributed by atoms with E-state index in [0.29, 0.717) is 29.7 Å². The summed E-state index contributed by atoms with van der Waals surface area (Å²) < 4.78 is 10.5. The highest BCUT2D eigenvalue weighted by Gasteiger charge is 2.10. The van der Waals surface area contributed by atoms with Crippen LogP contribution in [0.2, 0.25) is 5.02 Å². The van der Waals surface area contributed by atoms with Crippen LogP contribution in [0.25, 0.3) is 6.08 Å². The monoisotopic (exact) mass is 338 g/mol. The number of thiazole rings is 1. The minimum absolute atomic E-state index is 0.283. The first-order valence-electron chi connectivity index (χ1n) is 6.49. The normalized spacial score (nSPS) is 10.8. The van der Waals surface area contributed by atoms with Gasteiger partial charge in [-0.05, 0) is 18.2 Å². The molecule has 116 valence electrons. The summed E-state index contributed by atoms with van der Waals surface area (Å²) in [5.41, 5.74) is 0.511. The number of carbonyl (C=O) groups is 1. The van der Waals surface area contributed by atoms with Crippen molar-refractivity contribution in [2.75, 3.05) is 25.6 Å². The van der Waals surface area contributed by atoms with Gasteiger partial charge in [0.15, 0.2) is 5.75 Å². The lowest BCUT2D eigenvalue weighted by atomic mass is 10.3. The number of anilines is 1. The van der Waals surface area contributed by atoms with Gasteiger partial charge in [0, 0.05) is 24.8 Å². The van der Waals surface area contributed by atoms with E-state index in [2.05, 4.69) is 10.3 Å². The van der Waals surface area contributed by atoms with Crippen molar-refractivity contribution in [3.63, 3.8) is 0 Å². The van der Waals surface area contributed by atoms with Crippen LogP contribution in [0.4, 0.5) is 5.69 Å². The average Bonchev–Trinajstić information content (AvgIpc) is 3.01. The van der Waals surface area contributed by atoms with Crippen LogP contribution in [0.1, 0.15) is 5.01 Å². The van der Waals surface area contributed by atoms with Gasteiger partial charge in [-0.25, -0.2) is 4.98 Å². The van der Waals surface area contributed by atoms with Gasteiger partial charge < -0.3 is 14.8 Å². The minimum Gasteiger partial charge on any atom is -0.487 e. The molecule has 2 aromatic rings. The van der Waals surface area contributed by atoms with Crippen molar-refractivity contribution in [2.45, 2.75) is 0 Å². The number of amides is 1.